The van der Waals surface area contributed by atoms with Crippen LogP contribution in [0.1, 0.15) is 11.7 Å². The molecule has 0 aliphatic carbocycles. The third-order valence-electron chi connectivity index (χ3n) is 1.87. The third-order valence-corrected chi connectivity index (χ3v) is 2.12. The molecule has 6 heteroatoms. The molecule has 2 aromatic rings. The number of ether oxygens (including phenoxy) is 1. The lowest BCUT2D eigenvalue weighted by atomic mass is 10.3. The molecule has 0 aliphatic rings. The predicted molar refractivity (Wildman–Crippen MR) is 58.0 cm³/mol. The van der Waals surface area contributed by atoms with Crippen LogP contribution < -0.4 is 10.5 Å². The van der Waals surface area contributed by atoms with E-state index in [0.29, 0.717) is 22.5 Å². The standard InChI is InChI=1S/C10H10ClN3O2/c11-7-1-3-8(4-2-7)15-6-9-13-10(5-12)16-14-9/h1-4H,5-6,12H2. The molecule has 1 aromatic heterocycles. The van der Waals surface area contributed by atoms with Crippen LogP contribution in [0.4, 0.5) is 0 Å². The summed E-state index contributed by atoms with van der Waals surface area (Å²) in [5, 5.41) is 4.37. The molecule has 16 heavy (non-hydrogen) atoms. The molecule has 0 atom stereocenters. The molecule has 2 rings (SSSR count). The maximum atomic E-state index is 5.74. The van der Waals surface area contributed by atoms with Gasteiger partial charge in [0.15, 0.2) is 6.61 Å². The number of benzene rings is 1. The third kappa shape index (κ3) is 2.71. The van der Waals surface area contributed by atoms with Crippen LogP contribution in [0, 0.1) is 0 Å². The van der Waals surface area contributed by atoms with Crippen LogP contribution in [0.15, 0.2) is 28.8 Å². The van der Waals surface area contributed by atoms with Crippen LogP contribution in [-0.4, -0.2) is 10.1 Å². The van der Waals surface area contributed by atoms with Crippen LogP contribution in [0.2, 0.25) is 5.02 Å². The van der Waals surface area contributed by atoms with Gasteiger partial charge in [0, 0.05) is 5.02 Å². The monoisotopic (exact) mass is 239 g/mol. The Morgan fingerprint density at radius 2 is 2.06 bits per heavy atom. The lowest BCUT2D eigenvalue weighted by molar-refractivity contribution is 0.285. The van der Waals surface area contributed by atoms with Crippen molar-refractivity contribution in [1.82, 2.24) is 10.1 Å². The number of nitrogens with zero attached hydrogens (tertiary/aromatic N) is 2. The molecule has 0 amide bonds. The number of aromatic nitrogens is 2. The minimum absolute atomic E-state index is 0.230. The molecule has 1 heterocycles. The predicted octanol–water partition coefficient (Wildman–Crippen LogP) is 1.76. The van der Waals surface area contributed by atoms with Gasteiger partial charge < -0.3 is 15.0 Å². The number of nitrogens with two attached hydrogens (primary N) is 1. The van der Waals surface area contributed by atoms with Gasteiger partial charge in [-0.05, 0) is 24.3 Å². The molecule has 0 radical (unpaired) electrons. The van der Waals surface area contributed by atoms with Crippen molar-refractivity contribution in [3.05, 3.63) is 41.0 Å². The first-order valence-electron chi connectivity index (χ1n) is 4.68. The van der Waals surface area contributed by atoms with Gasteiger partial charge in [0.05, 0.1) is 6.54 Å². The molecule has 0 unspecified atom stereocenters. The van der Waals surface area contributed by atoms with Gasteiger partial charge in [-0.25, -0.2) is 0 Å². The van der Waals surface area contributed by atoms with Crippen molar-refractivity contribution in [2.24, 2.45) is 5.73 Å². The Bertz CT molecular complexity index is 455. The van der Waals surface area contributed by atoms with E-state index < -0.39 is 0 Å². The van der Waals surface area contributed by atoms with Crippen molar-refractivity contribution in [2.45, 2.75) is 13.2 Å². The summed E-state index contributed by atoms with van der Waals surface area (Å²) in [7, 11) is 0. The molecule has 5 nitrogen and oxygen atoms in total. The maximum absolute atomic E-state index is 5.74. The smallest absolute Gasteiger partial charge is 0.240 e. The van der Waals surface area contributed by atoms with Crippen molar-refractivity contribution in [3.63, 3.8) is 0 Å². The highest BCUT2D eigenvalue weighted by molar-refractivity contribution is 6.30. The van der Waals surface area contributed by atoms with E-state index in [1.54, 1.807) is 24.3 Å². The average molecular weight is 240 g/mol. The molecule has 0 saturated heterocycles. The molecule has 1 aromatic carbocycles. The van der Waals surface area contributed by atoms with Crippen molar-refractivity contribution in [1.29, 1.82) is 0 Å². The zero-order chi connectivity index (χ0) is 11.4. The highest BCUT2D eigenvalue weighted by Crippen LogP contribution is 2.16. The molecule has 2 N–H and O–H groups in total. The van der Waals surface area contributed by atoms with Crippen LogP contribution in [0.3, 0.4) is 0 Å². The fourth-order valence-corrected chi connectivity index (χ4v) is 1.24. The fourth-order valence-electron chi connectivity index (χ4n) is 1.11. The van der Waals surface area contributed by atoms with Crippen LogP contribution in [0.5, 0.6) is 5.75 Å². The second-order valence-electron chi connectivity index (χ2n) is 3.05. The topological polar surface area (TPSA) is 74.2 Å². The van der Waals surface area contributed by atoms with Crippen molar-refractivity contribution in [2.75, 3.05) is 0 Å². The SMILES string of the molecule is NCc1nc(COc2ccc(Cl)cc2)no1. The summed E-state index contributed by atoms with van der Waals surface area (Å²) in [4.78, 5) is 4.01. The van der Waals surface area contributed by atoms with Gasteiger partial charge in [-0.15, -0.1) is 0 Å². The van der Waals surface area contributed by atoms with E-state index in [1.807, 2.05) is 0 Å². The first-order valence-corrected chi connectivity index (χ1v) is 5.05. The van der Waals surface area contributed by atoms with Crippen molar-refractivity contribution >= 4 is 11.6 Å². The van der Waals surface area contributed by atoms with Crippen molar-refractivity contribution < 1.29 is 9.26 Å². The van der Waals surface area contributed by atoms with Crippen molar-refractivity contribution in [3.8, 4) is 5.75 Å². The van der Waals surface area contributed by atoms with Gasteiger partial charge in [-0.3, -0.25) is 0 Å². The summed E-state index contributed by atoms with van der Waals surface area (Å²) >= 11 is 5.74. The zero-order valence-corrected chi connectivity index (χ0v) is 9.15. The average Bonchev–Trinajstić information content (AvgIpc) is 2.76. The fraction of sp³-hybridized carbons (Fsp3) is 0.200. The van der Waals surface area contributed by atoms with Gasteiger partial charge >= 0.3 is 0 Å². The molecule has 0 fully saturated rings. The Balaban J connectivity index is 1.94. The van der Waals surface area contributed by atoms with Gasteiger partial charge in [0.25, 0.3) is 0 Å². The molecule has 0 saturated carbocycles. The second-order valence-corrected chi connectivity index (χ2v) is 3.49. The number of halogens is 1. The lowest BCUT2D eigenvalue weighted by Crippen LogP contribution is -1.99. The summed E-state index contributed by atoms with van der Waals surface area (Å²) in [6.45, 7) is 0.471. The normalized spacial score (nSPS) is 10.4. The largest absolute Gasteiger partial charge is 0.485 e. The molecule has 0 bridgehead atoms. The van der Waals surface area contributed by atoms with Gasteiger partial charge in [-0.1, -0.05) is 16.8 Å². The zero-order valence-electron chi connectivity index (χ0n) is 8.39. The number of hydrogen-bond acceptors (Lipinski definition) is 5. The molecule has 84 valence electrons. The minimum atomic E-state index is 0.230. The van der Waals surface area contributed by atoms with Crippen LogP contribution >= 0.6 is 11.6 Å². The number of hydrogen-bond donors (Lipinski definition) is 1. The number of rotatable bonds is 4. The highest BCUT2D eigenvalue weighted by atomic mass is 35.5. The Hall–Kier alpha value is -1.59. The van der Waals surface area contributed by atoms with E-state index in [0.717, 1.165) is 0 Å². The molecule has 0 spiro atoms. The summed E-state index contributed by atoms with van der Waals surface area (Å²) < 4.78 is 10.3. The molecule has 0 aliphatic heterocycles. The Kier molecular flexibility index (Phi) is 3.38. The van der Waals surface area contributed by atoms with E-state index in [4.69, 9.17) is 26.6 Å². The van der Waals surface area contributed by atoms with E-state index in [2.05, 4.69) is 10.1 Å². The molecular formula is C10H10ClN3O2. The Morgan fingerprint density at radius 1 is 1.31 bits per heavy atom. The minimum Gasteiger partial charge on any atom is -0.485 e. The van der Waals surface area contributed by atoms with Gasteiger partial charge in [0.2, 0.25) is 11.7 Å². The summed E-state index contributed by atoms with van der Waals surface area (Å²) in [6.07, 6.45) is 0. The summed E-state index contributed by atoms with van der Waals surface area (Å²) in [6, 6.07) is 7.04. The summed E-state index contributed by atoms with van der Waals surface area (Å²) in [5.74, 6) is 1.56. The van der Waals surface area contributed by atoms with Crippen LogP contribution in [-0.2, 0) is 13.2 Å². The van der Waals surface area contributed by atoms with Gasteiger partial charge in [0.1, 0.15) is 5.75 Å². The lowest BCUT2D eigenvalue weighted by Gasteiger charge is -2.02. The van der Waals surface area contributed by atoms with E-state index in [1.165, 1.54) is 0 Å². The quantitative estimate of drug-likeness (QED) is 0.880. The highest BCUT2D eigenvalue weighted by Gasteiger charge is 2.04. The summed E-state index contributed by atoms with van der Waals surface area (Å²) in [5.41, 5.74) is 5.34. The second kappa shape index (κ2) is 4.96. The first-order chi connectivity index (χ1) is 7.78. The van der Waals surface area contributed by atoms with E-state index in [9.17, 15) is 0 Å². The molecular weight excluding hydrogens is 230 g/mol. The van der Waals surface area contributed by atoms with Crippen LogP contribution in [0.25, 0.3) is 0 Å². The Morgan fingerprint density at radius 3 is 2.69 bits per heavy atom. The first kappa shape index (κ1) is 10.9. The Labute approximate surface area is 97.2 Å². The van der Waals surface area contributed by atoms with E-state index >= 15 is 0 Å². The van der Waals surface area contributed by atoms with E-state index in [-0.39, 0.29) is 13.2 Å². The van der Waals surface area contributed by atoms with Gasteiger partial charge in [-0.2, -0.15) is 4.98 Å². The maximum Gasteiger partial charge on any atom is 0.240 e.